The van der Waals surface area contributed by atoms with E-state index in [1.165, 1.54) is 6.20 Å². The molecule has 10 nitrogen and oxygen atoms in total. The summed E-state index contributed by atoms with van der Waals surface area (Å²) in [6, 6.07) is 6.16. The minimum atomic E-state index is -4.11. The first kappa shape index (κ1) is 32.9. The summed E-state index contributed by atoms with van der Waals surface area (Å²) in [5, 5.41) is 2.60. The zero-order valence-electron chi connectivity index (χ0n) is 25.4. The van der Waals surface area contributed by atoms with E-state index in [9.17, 15) is 8.42 Å². The number of rotatable bonds is 12. The van der Waals surface area contributed by atoms with Crippen molar-refractivity contribution in [3.63, 3.8) is 0 Å². The molecule has 2 aliphatic carbocycles. The molecule has 2 aliphatic rings. The Bertz CT molecular complexity index is 1570. The Hall–Kier alpha value is -3.49. The number of hydrogen-bond acceptors (Lipinski definition) is 9. The summed E-state index contributed by atoms with van der Waals surface area (Å²) in [5.41, 5.74) is -0.329. The fourth-order valence-electron chi connectivity index (χ4n) is 5.95. The molecule has 0 atom stereocenters. The molecule has 45 heavy (non-hydrogen) atoms. The van der Waals surface area contributed by atoms with Gasteiger partial charge in [-0.2, -0.15) is 4.39 Å². The van der Waals surface area contributed by atoms with Crippen molar-refractivity contribution in [3.8, 4) is 22.9 Å². The van der Waals surface area contributed by atoms with Crippen molar-refractivity contribution in [2.45, 2.75) is 75.1 Å². The summed E-state index contributed by atoms with van der Waals surface area (Å²) in [6.45, 7) is 1.57. The number of hydrogen-bond donors (Lipinski definition) is 2. The SMILES string of the molecule is COCCN(C)[C@H]1CC[C@H](Nc2nccc(-c3cccnc3Oc3cc(F)c(NS(=O)(=O)C4CCCCC4)c(F)c3F)n2)CC1. The number of ether oxygens (including phenoxy) is 2. The van der Waals surface area contributed by atoms with Crippen molar-refractivity contribution in [2.75, 3.05) is 37.3 Å². The first-order valence-corrected chi connectivity index (χ1v) is 16.8. The molecule has 5 rings (SSSR count). The topological polar surface area (TPSA) is 119 Å². The summed E-state index contributed by atoms with van der Waals surface area (Å²) >= 11 is 0. The molecule has 14 heteroatoms. The molecule has 0 saturated heterocycles. The minimum absolute atomic E-state index is 0.144. The van der Waals surface area contributed by atoms with Crippen LogP contribution in [0.25, 0.3) is 11.3 Å². The summed E-state index contributed by atoms with van der Waals surface area (Å²) in [6.07, 6.45) is 9.93. The van der Waals surface area contributed by atoms with Gasteiger partial charge in [-0.3, -0.25) is 4.72 Å². The van der Waals surface area contributed by atoms with Gasteiger partial charge in [-0.25, -0.2) is 32.2 Å². The highest BCUT2D eigenvalue weighted by molar-refractivity contribution is 7.93. The van der Waals surface area contributed by atoms with E-state index in [1.54, 1.807) is 31.5 Å². The standard InChI is InChI=1S/C31H39F3N6O4S/c1-40(17-18-43-2)21-12-10-20(11-13-21)37-31-36-16-14-25(38-31)23-9-6-15-35-30(23)44-26-19-24(32)29(28(34)27(26)33)39-45(41,42)22-7-4-3-5-8-22/h6,9,14-16,19-22,39H,3-5,7-8,10-13,17-18H2,1-2H3,(H,36,37,38)/t20-,21-. The Labute approximate surface area is 261 Å². The van der Waals surface area contributed by atoms with E-state index >= 15 is 13.2 Å². The van der Waals surface area contributed by atoms with Gasteiger partial charge in [0.1, 0.15) is 5.69 Å². The van der Waals surface area contributed by atoms with Crippen LogP contribution in [0.3, 0.4) is 0 Å². The number of halogens is 3. The van der Waals surface area contributed by atoms with Gasteiger partial charge in [-0.15, -0.1) is 0 Å². The molecular formula is C31H39F3N6O4S. The number of sulfonamides is 1. The number of benzene rings is 1. The number of pyridine rings is 1. The van der Waals surface area contributed by atoms with E-state index in [0.29, 0.717) is 61.6 Å². The molecule has 2 heterocycles. The zero-order valence-corrected chi connectivity index (χ0v) is 26.3. The molecule has 1 aromatic carbocycles. The smallest absolute Gasteiger partial charge is 0.235 e. The lowest BCUT2D eigenvalue weighted by molar-refractivity contribution is 0.121. The highest BCUT2D eigenvalue weighted by Gasteiger charge is 2.31. The van der Waals surface area contributed by atoms with Crippen LogP contribution in [-0.4, -0.2) is 72.9 Å². The molecule has 0 radical (unpaired) electrons. The average molecular weight is 649 g/mol. The van der Waals surface area contributed by atoms with E-state index in [2.05, 4.69) is 32.2 Å². The van der Waals surface area contributed by atoms with E-state index in [4.69, 9.17) is 9.47 Å². The lowest BCUT2D eigenvalue weighted by atomic mass is 9.90. The average Bonchev–Trinajstić information content (AvgIpc) is 3.05. The Balaban J connectivity index is 1.30. The Kier molecular flexibility index (Phi) is 10.8. The van der Waals surface area contributed by atoms with Gasteiger partial charge in [0, 0.05) is 44.2 Å². The number of anilines is 2. The van der Waals surface area contributed by atoms with Crippen LogP contribution in [0.1, 0.15) is 57.8 Å². The second-order valence-corrected chi connectivity index (χ2v) is 13.6. The van der Waals surface area contributed by atoms with Crippen LogP contribution in [-0.2, 0) is 14.8 Å². The van der Waals surface area contributed by atoms with E-state index in [-0.39, 0.29) is 11.9 Å². The summed E-state index contributed by atoms with van der Waals surface area (Å²) < 4.78 is 83.5. The summed E-state index contributed by atoms with van der Waals surface area (Å²) in [4.78, 5) is 15.4. The third-order valence-corrected chi connectivity index (χ3v) is 10.4. The van der Waals surface area contributed by atoms with Crippen molar-refractivity contribution >= 4 is 21.7 Å². The van der Waals surface area contributed by atoms with E-state index in [1.807, 2.05) is 4.72 Å². The fraction of sp³-hybridized carbons (Fsp3) is 0.516. The Morgan fingerprint density at radius 1 is 0.978 bits per heavy atom. The number of aromatic nitrogens is 3. The molecular weight excluding hydrogens is 609 g/mol. The molecule has 2 N–H and O–H groups in total. The molecule has 0 unspecified atom stereocenters. The maximum Gasteiger partial charge on any atom is 0.235 e. The van der Waals surface area contributed by atoms with Gasteiger partial charge >= 0.3 is 0 Å². The van der Waals surface area contributed by atoms with Crippen LogP contribution < -0.4 is 14.8 Å². The lowest BCUT2D eigenvalue weighted by Crippen LogP contribution is -2.39. The predicted molar refractivity (Wildman–Crippen MR) is 165 cm³/mol. The van der Waals surface area contributed by atoms with Gasteiger partial charge in [0.05, 0.1) is 23.1 Å². The van der Waals surface area contributed by atoms with Crippen LogP contribution in [0.15, 0.2) is 36.7 Å². The van der Waals surface area contributed by atoms with E-state index < -0.39 is 44.2 Å². The zero-order chi connectivity index (χ0) is 32.0. The number of likely N-dealkylation sites (N-methyl/N-ethyl adjacent to an activating group) is 1. The highest BCUT2D eigenvalue weighted by Crippen LogP contribution is 2.37. The van der Waals surface area contributed by atoms with Gasteiger partial charge in [0.2, 0.25) is 27.7 Å². The highest BCUT2D eigenvalue weighted by atomic mass is 32.2. The van der Waals surface area contributed by atoms with Crippen molar-refractivity contribution < 1.29 is 31.1 Å². The van der Waals surface area contributed by atoms with Gasteiger partial charge in [0.15, 0.2) is 17.4 Å². The third-order valence-electron chi connectivity index (χ3n) is 8.57. The molecule has 2 saturated carbocycles. The van der Waals surface area contributed by atoms with Crippen LogP contribution >= 0.6 is 0 Å². The normalized spacial score (nSPS) is 19.4. The predicted octanol–water partition coefficient (Wildman–Crippen LogP) is 6.12. The quantitative estimate of drug-likeness (QED) is 0.224. The van der Waals surface area contributed by atoms with E-state index in [0.717, 1.165) is 38.6 Å². The Morgan fingerprint density at radius 3 is 2.47 bits per heavy atom. The van der Waals surface area contributed by atoms with Gasteiger partial charge in [0.25, 0.3) is 0 Å². The second kappa shape index (κ2) is 14.7. The number of nitrogens with one attached hydrogen (secondary N) is 2. The molecule has 0 aliphatic heterocycles. The fourth-order valence-corrected chi connectivity index (χ4v) is 7.55. The third kappa shape index (κ3) is 8.03. The van der Waals surface area contributed by atoms with Gasteiger partial charge in [-0.1, -0.05) is 19.3 Å². The van der Waals surface area contributed by atoms with Crippen molar-refractivity contribution in [3.05, 3.63) is 54.1 Å². The van der Waals surface area contributed by atoms with Crippen molar-refractivity contribution in [2.24, 2.45) is 0 Å². The first-order chi connectivity index (χ1) is 21.7. The maximum atomic E-state index is 15.2. The summed E-state index contributed by atoms with van der Waals surface area (Å²) in [5.74, 6) is -5.09. The first-order valence-electron chi connectivity index (χ1n) is 15.3. The van der Waals surface area contributed by atoms with Crippen LogP contribution in [0.4, 0.5) is 24.8 Å². The van der Waals surface area contributed by atoms with Crippen LogP contribution in [0.2, 0.25) is 0 Å². The Morgan fingerprint density at radius 2 is 1.73 bits per heavy atom. The van der Waals surface area contributed by atoms with Crippen molar-refractivity contribution in [1.29, 1.82) is 0 Å². The summed E-state index contributed by atoms with van der Waals surface area (Å²) in [7, 11) is -0.304. The van der Waals surface area contributed by atoms with Crippen LogP contribution in [0.5, 0.6) is 11.6 Å². The maximum absolute atomic E-state index is 15.2. The van der Waals surface area contributed by atoms with Crippen LogP contribution in [0, 0.1) is 17.5 Å². The molecule has 3 aromatic rings. The monoisotopic (exact) mass is 648 g/mol. The minimum Gasteiger partial charge on any atom is -0.435 e. The van der Waals surface area contributed by atoms with Crippen molar-refractivity contribution in [1.82, 2.24) is 19.9 Å². The van der Waals surface area contributed by atoms with Gasteiger partial charge < -0.3 is 19.7 Å². The lowest BCUT2D eigenvalue weighted by Gasteiger charge is -2.34. The molecule has 2 fully saturated rings. The van der Waals surface area contributed by atoms with Gasteiger partial charge in [-0.05, 0) is 63.8 Å². The second-order valence-electron chi connectivity index (χ2n) is 11.6. The largest absolute Gasteiger partial charge is 0.435 e. The number of nitrogens with zero attached hydrogens (tertiary/aromatic N) is 4. The molecule has 0 amide bonds. The molecule has 244 valence electrons. The molecule has 0 spiro atoms. The number of methoxy groups -OCH3 is 1. The molecule has 2 aromatic heterocycles. The molecule has 0 bridgehead atoms.